The third kappa shape index (κ3) is 51.6. The average molecular weight is 920 g/mol. The maximum atomic E-state index is 12.8. The van der Waals surface area contributed by atoms with Gasteiger partial charge >= 0.3 is 17.9 Å². The Morgan fingerprint density at radius 2 is 0.585 bits per heavy atom. The molecule has 0 bridgehead atoms. The largest absolute Gasteiger partial charge is 0.462 e. The highest BCUT2D eigenvalue weighted by Crippen LogP contribution is 2.19. The second-order valence-corrected chi connectivity index (χ2v) is 21.0. The van der Waals surface area contributed by atoms with Crippen molar-refractivity contribution in [1.82, 2.24) is 0 Å². The van der Waals surface area contributed by atoms with Gasteiger partial charge in [-0.1, -0.05) is 291 Å². The zero-order valence-corrected chi connectivity index (χ0v) is 44.6. The summed E-state index contributed by atoms with van der Waals surface area (Å²) in [4.78, 5) is 38.1. The van der Waals surface area contributed by atoms with E-state index in [0.29, 0.717) is 19.3 Å². The fourth-order valence-corrected chi connectivity index (χ4v) is 9.02. The number of carbonyl (C=O) groups is 3. The molecule has 0 aromatic heterocycles. The minimum absolute atomic E-state index is 0.0635. The maximum Gasteiger partial charge on any atom is 0.306 e. The van der Waals surface area contributed by atoms with Crippen LogP contribution in [0, 0.1) is 11.8 Å². The number of carbonyl (C=O) groups excluding carboxylic acids is 3. The van der Waals surface area contributed by atoms with Crippen LogP contribution in [-0.2, 0) is 28.6 Å². The molecular weight excluding hydrogens is 805 g/mol. The Labute approximate surface area is 406 Å². The van der Waals surface area contributed by atoms with E-state index in [1.54, 1.807) is 0 Å². The van der Waals surface area contributed by atoms with E-state index in [1.165, 1.54) is 218 Å². The Bertz CT molecular complexity index is 995. The van der Waals surface area contributed by atoms with Crippen molar-refractivity contribution in [2.24, 2.45) is 11.8 Å². The van der Waals surface area contributed by atoms with Crippen molar-refractivity contribution in [2.75, 3.05) is 13.2 Å². The summed E-state index contributed by atoms with van der Waals surface area (Å²) in [5.41, 5.74) is 0. The SMILES string of the molecule is CCCCCCCCCCCCCCCCCCCCCC(=O)O[C@H](COC(=O)CCCCCCCCCCCCCCCCCC(C)C)COC(=O)CCCCCCCCC(C)CC. The van der Waals surface area contributed by atoms with Crippen LogP contribution in [0.1, 0.15) is 330 Å². The summed E-state index contributed by atoms with van der Waals surface area (Å²) in [6.07, 6.45) is 55.3. The highest BCUT2D eigenvalue weighted by Gasteiger charge is 2.19. The lowest BCUT2D eigenvalue weighted by molar-refractivity contribution is -0.167. The molecule has 386 valence electrons. The number of rotatable bonds is 53. The van der Waals surface area contributed by atoms with Crippen LogP contribution < -0.4 is 0 Å². The summed E-state index contributed by atoms with van der Waals surface area (Å²) < 4.78 is 16.9. The van der Waals surface area contributed by atoms with E-state index in [4.69, 9.17) is 14.2 Å². The van der Waals surface area contributed by atoms with Crippen LogP contribution in [-0.4, -0.2) is 37.2 Å². The molecule has 0 saturated heterocycles. The first-order valence-corrected chi connectivity index (χ1v) is 29.3. The van der Waals surface area contributed by atoms with Crippen LogP contribution in [0.4, 0.5) is 0 Å². The van der Waals surface area contributed by atoms with Crippen LogP contribution >= 0.6 is 0 Å². The Balaban J connectivity index is 4.24. The molecule has 0 aromatic rings. The molecule has 0 aromatic carbocycles. The van der Waals surface area contributed by atoms with Gasteiger partial charge in [-0.05, 0) is 31.1 Å². The summed E-state index contributed by atoms with van der Waals surface area (Å²) in [5.74, 6) is 0.820. The summed E-state index contributed by atoms with van der Waals surface area (Å²) in [5, 5.41) is 0. The molecule has 2 atom stereocenters. The first kappa shape index (κ1) is 63.4. The van der Waals surface area contributed by atoms with E-state index in [0.717, 1.165) is 69.6 Å². The topological polar surface area (TPSA) is 78.9 Å². The van der Waals surface area contributed by atoms with Crippen LogP contribution in [0.5, 0.6) is 0 Å². The van der Waals surface area contributed by atoms with Crippen molar-refractivity contribution in [3.63, 3.8) is 0 Å². The molecule has 65 heavy (non-hydrogen) atoms. The number of esters is 3. The van der Waals surface area contributed by atoms with Gasteiger partial charge in [0.15, 0.2) is 6.10 Å². The number of unbranched alkanes of at least 4 members (excludes halogenated alkanes) is 37. The Morgan fingerprint density at radius 1 is 0.323 bits per heavy atom. The van der Waals surface area contributed by atoms with Crippen molar-refractivity contribution >= 4 is 17.9 Å². The molecule has 0 rings (SSSR count). The van der Waals surface area contributed by atoms with E-state index in [1.807, 2.05) is 0 Å². The third-order valence-electron chi connectivity index (χ3n) is 13.8. The second-order valence-electron chi connectivity index (χ2n) is 21.0. The molecule has 0 amide bonds. The van der Waals surface area contributed by atoms with E-state index >= 15 is 0 Å². The highest BCUT2D eigenvalue weighted by molar-refractivity contribution is 5.71. The quantitative estimate of drug-likeness (QED) is 0.0344. The molecule has 0 aliphatic heterocycles. The molecule has 0 fully saturated rings. The maximum absolute atomic E-state index is 12.8. The lowest BCUT2D eigenvalue weighted by Gasteiger charge is -2.18. The van der Waals surface area contributed by atoms with Crippen molar-refractivity contribution in [2.45, 2.75) is 336 Å². The molecule has 0 radical (unpaired) electrons. The Morgan fingerprint density at radius 3 is 0.877 bits per heavy atom. The van der Waals surface area contributed by atoms with Gasteiger partial charge < -0.3 is 14.2 Å². The van der Waals surface area contributed by atoms with Gasteiger partial charge in [-0.3, -0.25) is 14.4 Å². The van der Waals surface area contributed by atoms with Crippen LogP contribution in [0.25, 0.3) is 0 Å². The third-order valence-corrected chi connectivity index (χ3v) is 13.8. The van der Waals surface area contributed by atoms with Crippen molar-refractivity contribution < 1.29 is 28.6 Å². The minimum Gasteiger partial charge on any atom is -0.462 e. The van der Waals surface area contributed by atoms with Crippen LogP contribution in [0.15, 0.2) is 0 Å². The van der Waals surface area contributed by atoms with E-state index < -0.39 is 6.10 Å². The summed E-state index contributed by atoms with van der Waals surface area (Å²) >= 11 is 0. The summed E-state index contributed by atoms with van der Waals surface area (Å²) in [6.45, 7) is 11.4. The van der Waals surface area contributed by atoms with Gasteiger partial charge in [0.1, 0.15) is 13.2 Å². The minimum atomic E-state index is -0.763. The Kier molecular flexibility index (Phi) is 50.5. The van der Waals surface area contributed by atoms with Crippen LogP contribution in [0.3, 0.4) is 0 Å². The second kappa shape index (κ2) is 51.8. The van der Waals surface area contributed by atoms with Gasteiger partial charge in [-0.15, -0.1) is 0 Å². The summed E-state index contributed by atoms with van der Waals surface area (Å²) in [7, 11) is 0. The monoisotopic (exact) mass is 919 g/mol. The number of hydrogen-bond donors (Lipinski definition) is 0. The smallest absolute Gasteiger partial charge is 0.306 e. The normalized spacial score (nSPS) is 12.5. The predicted octanol–water partition coefficient (Wildman–Crippen LogP) is 19.3. The average Bonchev–Trinajstić information content (AvgIpc) is 3.29. The molecular formula is C59H114O6. The molecule has 0 N–H and O–H groups in total. The fourth-order valence-electron chi connectivity index (χ4n) is 9.02. The van der Waals surface area contributed by atoms with Gasteiger partial charge in [0.25, 0.3) is 0 Å². The van der Waals surface area contributed by atoms with Crippen molar-refractivity contribution in [1.29, 1.82) is 0 Å². The van der Waals surface area contributed by atoms with E-state index in [2.05, 4.69) is 34.6 Å². The van der Waals surface area contributed by atoms with Crippen molar-refractivity contribution in [3.8, 4) is 0 Å². The predicted molar refractivity (Wildman–Crippen MR) is 280 cm³/mol. The van der Waals surface area contributed by atoms with E-state index in [-0.39, 0.29) is 31.1 Å². The Hall–Kier alpha value is -1.59. The van der Waals surface area contributed by atoms with Crippen LogP contribution in [0.2, 0.25) is 0 Å². The van der Waals surface area contributed by atoms with Gasteiger partial charge in [0, 0.05) is 19.3 Å². The highest BCUT2D eigenvalue weighted by atomic mass is 16.6. The van der Waals surface area contributed by atoms with E-state index in [9.17, 15) is 14.4 Å². The molecule has 6 heteroatoms. The molecule has 0 spiro atoms. The van der Waals surface area contributed by atoms with Gasteiger partial charge in [-0.2, -0.15) is 0 Å². The molecule has 1 unspecified atom stereocenters. The zero-order valence-electron chi connectivity index (χ0n) is 44.6. The van der Waals surface area contributed by atoms with Gasteiger partial charge in [-0.25, -0.2) is 0 Å². The lowest BCUT2D eigenvalue weighted by atomic mass is 10.00. The number of hydrogen-bond acceptors (Lipinski definition) is 6. The van der Waals surface area contributed by atoms with Gasteiger partial charge in [0.05, 0.1) is 0 Å². The standard InChI is InChI=1S/C59H114O6/c1-6-8-9-10-11-12-13-14-15-16-17-18-21-25-28-31-34-41-46-51-59(62)65-56(53-64-58(61)50-45-40-36-35-38-43-48-55(5)7-2)52-63-57(60)49-44-39-33-30-27-24-22-19-20-23-26-29-32-37-42-47-54(3)4/h54-56H,6-53H2,1-5H3/t55?,56-/m1/s1. The van der Waals surface area contributed by atoms with Crippen molar-refractivity contribution in [3.05, 3.63) is 0 Å². The molecule has 0 aliphatic carbocycles. The molecule has 0 aliphatic rings. The molecule has 6 nitrogen and oxygen atoms in total. The first-order chi connectivity index (χ1) is 31.8. The molecule has 0 saturated carbocycles. The van der Waals surface area contributed by atoms with Gasteiger partial charge in [0.2, 0.25) is 0 Å². The number of ether oxygens (including phenoxy) is 3. The molecule has 0 heterocycles. The lowest BCUT2D eigenvalue weighted by Crippen LogP contribution is -2.30. The summed E-state index contributed by atoms with van der Waals surface area (Å²) in [6, 6.07) is 0. The zero-order chi connectivity index (χ0) is 47.5. The fraction of sp³-hybridized carbons (Fsp3) is 0.949. The first-order valence-electron chi connectivity index (χ1n) is 29.3.